The monoisotopic (exact) mass is 310 g/mol. The summed E-state index contributed by atoms with van der Waals surface area (Å²) in [6.07, 6.45) is -4.51. The van der Waals surface area contributed by atoms with E-state index in [1.807, 2.05) is 5.32 Å². The largest absolute Gasteiger partial charge is 0.481 e. The fraction of sp³-hybridized carbons (Fsp3) is 0.846. The second-order valence-corrected chi connectivity index (χ2v) is 6.58. The van der Waals surface area contributed by atoms with E-state index in [2.05, 4.69) is 0 Å². The zero-order valence-electron chi connectivity index (χ0n) is 12.3. The molecule has 1 rings (SSSR count). The fourth-order valence-electron chi connectivity index (χ4n) is 2.25. The summed E-state index contributed by atoms with van der Waals surface area (Å²) in [6, 6.07) is -2.79. The molecule has 1 fully saturated rings. The van der Waals surface area contributed by atoms with Crippen LogP contribution in [0.15, 0.2) is 0 Å². The third-order valence-corrected chi connectivity index (χ3v) is 3.33. The number of aliphatic carboxylic acids is 1. The molecule has 8 heteroatoms. The summed E-state index contributed by atoms with van der Waals surface area (Å²) >= 11 is 0. The van der Waals surface area contributed by atoms with Gasteiger partial charge in [0.2, 0.25) is 0 Å². The number of nitrogens with zero attached hydrogens (tertiary/aromatic N) is 1. The third-order valence-electron chi connectivity index (χ3n) is 3.33. The molecular weight excluding hydrogens is 289 g/mol. The Hall–Kier alpha value is -1.47. The summed E-state index contributed by atoms with van der Waals surface area (Å²) in [7, 11) is 0. The van der Waals surface area contributed by atoms with Crippen LogP contribution in [0.1, 0.15) is 33.6 Å². The molecule has 1 saturated heterocycles. The van der Waals surface area contributed by atoms with Crippen molar-refractivity contribution in [2.45, 2.75) is 45.8 Å². The van der Waals surface area contributed by atoms with E-state index in [1.165, 1.54) is 0 Å². The van der Waals surface area contributed by atoms with Crippen LogP contribution in [0.25, 0.3) is 0 Å². The quantitative estimate of drug-likeness (QED) is 0.841. The number of carboxylic acids is 1. The number of carboxylic acid groups (broad SMARTS) is 1. The lowest BCUT2D eigenvalue weighted by Crippen LogP contribution is -2.51. The summed E-state index contributed by atoms with van der Waals surface area (Å²) in [6.45, 7) is 5.08. The van der Waals surface area contributed by atoms with E-state index in [9.17, 15) is 22.8 Å². The van der Waals surface area contributed by atoms with Gasteiger partial charge in [-0.25, -0.2) is 4.79 Å². The van der Waals surface area contributed by atoms with E-state index in [0.717, 1.165) is 4.90 Å². The summed E-state index contributed by atoms with van der Waals surface area (Å²) in [5.74, 6) is -1.74. The molecule has 0 aromatic carbocycles. The van der Waals surface area contributed by atoms with E-state index < -0.39 is 35.6 Å². The first kappa shape index (κ1) is 17.6. The lowest BCUT2D eigenvalue weighted by molar-refractivity contribution is -0.159. The minimum Gasteiger partial charge on any atom is -0.481 e. The molecule has 2 amide bonds. The summed E-state index contributed by atoms with van der Waals surface area (Å²) in [5.41, 5.74) is -0.595. The van der Waals surface area contributed by atoms with Gasteiger partial charge in [-0.15, -0.1) is 0 Å². The van der Waals surface area contributed by atoms with Crippen LogP contribution in [0.3, 0.4) is 0 Å². The Labute approximate surface area is 121 Å². The first-order valence-corrected chi connectivity index (χ1v) is 6.75. The maximum atomic E-state index is 13.0. The van der Waals surface area contributed by atoms with E-state index in [0.29, 0.717) is 0 Å². The van der Waals surface area contributed by atoms with Crippen molar-refractivity contribution in [1.29, 1.82) is 0 Å². The molecule has 0 bridgehead atoms. The van der Waals surface area contributed by atoms with Crippen LogP contribution in [-0.4, -0.2) is 47.3 Å². The van der Waals surface area contributed by atoms with Gasteiger partial charge in [-0.2, -0.15) is 13.2 Å². The number of alkyl halides is 3. The second-order valence-electron chi connectivity index (χ2n) is 6.58. The van der Waals surface area contributed by atoms with E-state index in [4.69, 9.17) is 5.11 Å². The predicted molar refractivity (Wildman–Crippen MR) is 69.8 cm³/mol. The molecule has 0 radical (unpaired) electrons. The van der Waals surface area contributed by atoms with Crippen LogP contribution >= 0.6 is 0 Å². The molecule has 0 aromatic rings. The topological polar surface area (TPSA) is 69.6 Å². The highest BCUT2D eigenvalue weighted by atomic mass is 19.4. The number of carbonyl (C=O) groups is 2. The van der Waals surface area contributed by atoms with E-state index in [1.54, 1.807) is 20.8 Å². The standard InChI is InChI=1S/C13H21F3N2O3/c1-12(2,3)6-9(13(14,15)16)17-11(21)18-5-4-8(7-18)10(19)20/h8-9H,4-7H2,1-3H3,(H,17,21)(H,19,20). The Morgan fingerprint density at radius 2 is 1.90 bits per heavy atom. The first-order valence-electron chi connectivity index (χ1n) is 6.75. The molecule has 1 aliphatic heterocycles. The molecule has 0 saturated carbocycles. The summed E-state index contributed by atoms with van der Waals surface area (Å²) in [4.78, 5) is 23.8. The number of likely N-dealkylation sites (tertiary alicyclic amines) is 1. The molecule has 21 heavy (non-hydrogen) atoms. The molecule has 0 aliphatic carbocycles. The lowest BCUT2D eigenvalue weighted by atomic mass is 9.88. The predicted octanol–water partition coefficient (Wildman–Crippen LogP) is 2.47. The van der Waals surface area contributed by atoms with E-state index >= 15 is 0 Å². The molecule has 0 spiro atoms. The van der Waals surface area contributed by atoms with Crippen LogP contribution in [-0.2, 0) is 4.79 Å². The second kappa shape index (κ2) is 6.11. The van der Waals surface area contributed by atoms with Crippen molar-refractivity contribution >= 4 is 12.0 Å². The Morgan fingerprint density at radius 1 is 1.33 bits per heavy atom. The molecule has 122 valence electrons. The smallest absolute Gasteiger partial charge is 0.408 e. The van der Waals surface area contributed by atoms with Gasteiger partial charge in [0.05, 0.1) is 5.92 Å². The highest BCUT2D eigenvalue weighted by molar-refractivity contribution is 5.77. The number of halogens is 3. The number of hydrogen-bond acceptors (Lipinski definition) is 2. The minimum absolute atomic E-state index is 0.0543. The van der Waals surface area contributed by atoms with Gasteiger partial charge < -0.3 is 15.3 Å². The minimum atomic E-state index is -4.53. The molecule has 1 aliphatic rings. The van der Waals surface area contributed by atoms with Gasteiger partial charge in [0.1, 0.15) is 6.04 Å². The van der Waals surface area contributed by atoms with Crippen LogP contribution in [0.2, 0.25) is 0 Å². The average Bonchev–Trinajstić information content (AvgIpc) is 2.74. The normalized spacial score (nSPS) is 21.2. The zero-order chi connectivity index (χ0) is 16.4. The fourth-order valence-corrected chi connectivity index (χ4v) is 2.25. The highest BCUT2D eigenvalue weighted by Gasteiger charge is 2.43. The number of nitrogens with one attached hydrogen (secondary N) is 1. The zero-order valence-corrected chi connectivity index (χ0v) is 12.3. The van der Waals surface area contributed by atoms with E-state index in [-0.39, 0.29) is 25.9 Å². The molecule has 2 unspecified atom stereocenters. The number of urea groups is 1. The van der Waals surface area contributed by atoms with Crippen molar-refractivity contribution in [1.82, 2.24) is 10.2 Å². The maximum Gasteiger partial charge on any atom is 0.408 e. The number of amides is 2. The molecule has 2 atom stereocenters. The Kier molecular flexibility index (Phi) is 5.11. The van der Waals surface area contributed by atoms with Gasteiger partial charge in [0, 0.05) is 13.1 Å². The highest BCUT2D eigenvalue weighted by Crippen LogP contribution is 2.31. The van der Waals surface area contributed by atoms with Crippen molar-refractivity contribution in [3.8, 4) is 0 Å². The Morgan fingerprint density at radius 3 is 2.29 bits per heavy atom. The van der Waals surface area contributed by atoms with Gasteiger partial charge in [0.25, 0.3) is 0 Å². The van der Waals surface area contributed by atoms with Gasteiger partial charge in [0.15, 0.2) is 0 Å². The third kappa shape index (κ3) is 5.43. The van der Waals surface area contributed by atoms with Crippen molar-refractivity contribution in [3.05, 3.63) is 0 Å². The van der Waals surface area contributed by atoms with Crippen LogP contribution in [0, 0.1) is 11.3 Å². The van der Waals surface area contributed by atoms with Gasteiger partial charge >= 0.3 is 18.2 Å². The Balaban J connectivity index is 2.67. The number of rotatable bonds is 3. The number of carbonyl (C=O) groups excluding carboxylic acids is 1. The van der Waals surface area contributed by atoms with Gasteiger partial charge in [-0.1, -0.05) is 20.8 Å². The van der Waals surface area contributed by atoms with Crippen molar-refractivity contribution < 1.29 is 27.9 Å². The SMILES string of the molecule is CC(C)(C)CC(NC(=O)N1CCC(C(=O)O)C1)C(F)(F)F. The first-order chi connectivity index (χ1) is 9.40. The van der Waals surface area contributed by atoms with Crippen molar-refractivity contribution in [2.24, 2.45) is 11.3 Å². The van der Waals surface area contributed by atoms with Crippen LogP contribution < -0.4 is 5.32 Å². The maximum absolute atomic E-state index is 13.0. The molecule has 2 N–H and O–H groups in total. The number of hydrogen-bond donors (Lipinski definition) is 2. The van der Waals surface area contributed by atoms with Crippen molar-refractivity contribution in [2.75, 3.05) is 13.1 Å². The molecule has 5 nitrogen and oxygen atoms in total. The average molecular weight is 310 g/mol. The molecule has 1 heterocycles. The summed E-state index contributed by atoms with van der Waals surface area (Å²) in [5, 5.41) is 10.8. The van der Waals surface area contributed by atoms with Crippen molar-refractivity contribution in [3.63, 3.8) is 0 Å². The molecule has 0 aromatic heterocycles. The van der Waals surface area contributed by atoms with Crippen LogP contribution in [0.4, 0.5) is 18.0 Å². The van der Waals surface area contributed by atoms with Gasteiger partial charge in [-0.05, 0) is 18.3 Å². The summed E-state index contributed by atoms with van der Waals surface area (Å²) < 4.78 is 38.9. The van der Waals surface area contributed by atoms with Crippen LogP contribution in [0.5, 0.6) is 0 Å². The Bertz CT molecular complexity index is 404. The lowest BCUT2D eigenvalue weighted by Gasteiger charge is -2.30. The molecular formula is C13H21F3N2O3. The van der Waals surface area contributed by atoms with Gasteiger partial charge in [-0.3, -0.25) is 4.79 Å².